The van der Waals surface area contributed by atoms with E-state index in [1.807, 2.05) is 30.3 Å². The van der Waals surface area contributed by atoms with Crippen LogP contribution in [0, 0.1) is 0 Å². The monoisotopic (exact) mass is 281 g/mol. The maximum absolute atomic E-state index is 11.2. The summed E-state index contributed by atoms with van der Waals surface area (Å²) < 4.78 is 0. The molecule has 1 amide bonds. The minimum atomic E-state index is -0.784. The predicted molar refractivity (Wildman–Crippen MR) is 77.9 cm³/mol. The second-order valence-electron chi connectivity index (χ2n) is 4.29. The van der Waals surface area contributed by atoms with Gasteiger partial charge in [-0.1, -0.05) is 30.3 Å². The van der Waals surface area contributed by atoms with Crippen molar-refractivity contribution in [3.8, 4) is 11.4 Å². The Bertz CT molecular complexity index is 848. The number of hydrogen-bond donors (Lipinski definition) is 3. The Morgan fingerprint density at radius 1 is 0.905 bits per heavy atom. The van der Waals surface area contributed by atoms with Crippen molar-refractivity contribution in [1.82, 2.24) is 19.9 Å². The molecule has 0 aliphatic rings. The van der Waals surface area contributed by atoms with Crippen LogP contribution in [0.5, 0.6) is 0 Å². The van der Waals surface area contributed by atoms with Crippen LogP contribution in [0.3, 0.4) is 0 Å². The third-order valence-corrected chi connectivity index (χ3v) is 2.85. The molecule has 0 spiro atoms. The number of amides is 1. The minimum Gasteiger partial charge on any atom is -0.382 e. The molecule has 1 aromatic carbocycles. The average Bonchev–Trinajstić information content (AvgIpc) is 2.47. The van der Waals surface area contributed by atoms with Crippen LogP contribution in [0.1, 0.15) is 10.5 Å². The van der Waals surface area contributed by atoms with Crippen LogP contribution in [0.2, 0.25) is 0 Å². The van der Waals surface area contributed by atoms with Crippen molar-refractivity contribution in [2.45, 2.75) is 0 Å². The molecule has 0 bridgehead atoms. The fourth-order valence-electron chi connectivity index (χ4n) is 1.88. The number of carbonyl (C=O) groups is 1. The third kappa shape index (κ3) is 2.18. The van der Waals surface area contributed by atoms with Crippen molar-refractivity contribution in [3.63, 3.8) is 0 Å². The summed E-state index contributed by atoms with van der Waals surface area (Å²) in [5.74, 6) is -0.365. The Morgan fingerprint density at radius 2 is 1.62 bits per heavy atom. The summed E-state index contributed by atoms with van der Waals surface area (Å²) in [6, 6.07) is 9.28. The largest absolute Gasteiger partial charge is 0.382 e. The van der Waals surface area contributed by atoms with Gasteiger partial charge < -0.3 is 17.2 Å². The van der Waals surface area contributed by atoms with Crippen molar-refractivity contribution in [2.24, 2.45) is 5.73 Å². The fraction of sp³-hybridized carbons (Fsp3) is 0. The van der Waals surface area contributed by atoms with Crippen LogP contribution >= 0.6 is 0 Å². The quantitative estimate of drug-likeness (QED) is 0.613. The highest BCUT2D eigenvalue weighted by Crippen LogP contribution is 2.22. The van der Waals surface area contributed by atoms with Gasteiger partial charge in [0.15, 0.2) is 34.3 Å². The second kappa shape index (κ2) is 4.67. The normalized spacial score (nSPS) is 10.7. The summed E-state index contributed by atoms with van der Waals surface area (Å²) in [4.78, 5) is 27.7. The van der Waals surface area contributed by atoms with E-state index in [2.05, 4.69) is 19.9 Å². The number of nitrogens with two attached hydrogens (primary N) is 3. The van der Waals surface area contributed by atoms with Crippen molar-refractivity contribution in [1.29, 1.82) is 0 Å². The number of nitrogens with zero attached hydrogens (tertiary/aromatic N) is 4. The Kier molecular flexibility index (Phi) is 2.83. The lowest BCUT2D eigenvalue weighted by Crippen LogP contribution is -2.17. The van der Waals surface area contributed by atoms with Gasteiger partial charge in [0.05, 0.1) is 0 Å². The van der Waals surface area contributed by atoms with Gasteiger partial charge in [-0.3, -0.25) is 4.79 Å². The first-order chi connectivity index (χ1) is 10.1. The highest BCUT2D eigenvalue weighted by Gasteiger charge is 2.15. The highest BCUT2D eigenvalue weighted by molar-refractivity contribution is 5.98. The number of benzene rings is 1. The van der Waals surface area contributed by atoms with Gasteiger partial charge in [0.1, 0.15) is 0 Å². The van der Waals surface area contributed by atoms with Crippen molar-refractivity contribution >= 4 is 28.7 Å². The number of nitrogen functional groups attached to an aromatic ring is 2. The van der Waals surface area contributed by atoms with E-state index in [1.54, 1.807) is 0 Å². The fourth-order valence-corrected chi connectivity index (χ4v) is 1.88. The Labute approximate surface area is 119 Å². The molecule has 3 aromatic rings. The van der Waals surface area contributed by atoms with Crippen molar-refractivity contribution in [2.75, 3.05) is 11.5 Å². The first-order valence-corrected chi connectivity index (χ1v) is 6.02. The molecule has 0 saturated heterocycles. The molecule has 2 aromatic heterocycles. The molecule has 3 rings (SSSR count). The van der Waals surface area contributed by atoms with Crippen LogP contribution in [0.25, 0.3) is 22.6 Å². The summed E-state index contributed by atoms with van der Waals surface area (Å²) in [6.07, 6.45) is 0. The van der Waals surface area contributed by atoms with Crippen LogP contribution in [0.4, 0.5) is 11.6 Å². The minimum absolute atomic E-state index is 0.0906. The molecule has 0 aliphatic heterocycles. The average molecular weight is 281 g/mol. The van der Waals surface area contributed by atoms with Gasteiger partial charge in [-0.25, -0.2) is 19.9 Å². The summed E-state index contributed by atoms with van der Waals surface area (Å²) in [5.41, 5.74) is 17.7. The van der Waals surface area contributed by atoms with Crippen molar-refractivity contribution < 1.29 is 4.79 Å². The highest BCUT2D eigenvalue weighted by atomic mass is 16.1. The van der Waals surface area contributed by atoms with E-state index in [0.29, 0.717) is 5.82 Å². The van der Waals surface area contributed by atoms with E-state index < -0.39 is 5.91 Å². The number of rotatable bonds is 2. The lowest BCUT2D eigenvalue weighted by Gasteiger charge is -2.06. The maximum atomic E-state index is 11.2. The molecule has 0 aliphatic carbocycles. The molecular formula is C13H11N7O. The zero-order valence-electron chi connectivity index (χ0n) is 10.8. The smallest absolute Gasteiger partial charge is 0.271 e. The van der Waals surface area contributed by atoms with E-state index in [0.717, 1.165) is 5.56 Å². The zero-order chi connectivity index (χ0) is 15.0. The molecule has 0 radical (unpaired) electrons. The first kappa shape index (κ1) is 12.7. The molecule has 0 atom stereocenters. The standard InChI is InChI=1S/C13H11N7O/c14-9-7(11(16)21)17-8-10(15)18-12(20-13(8)19-9)6-4-2-1-3-5-6/h1-5H,(H2,16,21)(H4,14,15,18,19,20). The van der Waals surface area contributed by atoms with Crippen molar-refractivity contribution in [3.05, 3.63) is 36.0 Å². The lowest BCUT2D eigenvalue weighted by atomic mass is 10.2. The second-order valence-corrected chi connectivity index (χ2v) is 4.29. The molecule has 0 unspecified atom stereocenters. The molecule has 6 N–H and O–H groups in total. The van der Waals surface area contributed by atoms with E-state index in [1.165, 1.54) is 0 Å². The van der Waals surface area contributed by atoms with Gasteiger partial charge in [0.25, 0.3) is 5.91 Å². The Balaban J connectivity index is 2.26. The molecule has 8 nitrogen and oxygen atoms in total. The number of primary amides is 1. The Morgan fingerprint density at radius 3 is 2.29 bits per heavy atom. The Hall–Kier alpha value is -3.29. The maximum Gasteiger partial charge on any atom is 0.271 e. The summed E-state index contributed by atoms with van der Waals surface area (Å²) >= 11 is 0. The summed E-state index contributed by atoms with van der Waals surface area (Å²) in [7, 11) is 0. The number of carbonyl (C=O) groups excluding carboxylic acids is 1. The van der Waals surface area contributed by atoms with Gasteiger partial charge in [0.2, 0.25) is 0 Å². The molecular weight excluding hydrogens is 270 g/mol. The molecule has 104 valence electrons. The molecule has 2 heterocycles. The van der Waals surface area contributed by atoms with Crippen LogP contribution in [-0.4, -0.2) is 25.8 Å². The van der Waals surface area contributed by atoms with Crippen LogP contribution in [-0.2, 0) is 0 Å². The van der Waals surface area contributed by atoms with E-state index in [4.69, 9.17) is 17.2 Å². The van der Waals surface area contributed by atoms with Crippen LogP contribution < -0.4 is 17.2 Å². The molecule has 0 fully saturated rings. The summed E-state index contributed by atoms with van der Waals surface area (Å²) in [6.45, 7) is 0. The SMILES string of the molecule is NC(=O)c1nc2c(N)nc(-c3ccccc3)nc2nc1N. The zero-order valence-corrected chi connectivity index (χ0v) is 10.8. The molecule has 21 heavy (non-hydrogen) atoms. The van der Waals surface area contributed by atoms with Gasteiger partial charge in [0, 0.05) is 5.56 Å². The lowest BCUT2D eigenvalue weighted by molar-refractivity contribution is 0.0996. The van der Waals surface area contributed by atoms with Gasteiger partial charge in [-0.05, 0) is 0 Å². The van der Waals surface area contributed by atoms with E-state index in [-0.39, 0.29) is 28.5 Å². The predicted octanol–water partition coefficient (Wildman–Crippen LogP) is 0.350. The number of anilines is 2. The van der Waals surface area contributed by atoms with Crippen LogP contribution in [0.15, 0.2) is 30.3 Å². The first-order valence-electron chi connectivity index (χ1n) is 6.02. The number of fused-ring (bicyclic) bond motifs is 1. The number of aromatic nitrogens is 4. The van der Waals surface area contributed by atoms with E-state index in [9.17, 15) is 4.79 Å². The topological polar surface area (TPSA) is 147 Å². The van der Waals surface area contributed by atoms with Gasteiger partial charge >= 0.3 is 0 Å². The van der Waals surface area contributed by atoms with E-state index >= 15 is 0 Å². The van der Waals surface area contributed by atoms with Gasteiger partial charge in [-0.2, -0.15) is 0 Å². The third-order valence-electron chi connectivity index (χ3n) is 2.85. The number of hydrogen-bond acceptors (Lipinski definition) is 7. The molecule has 8 heteroatoms. The molecule has 0 saturated carbocycles. The van der Waals surface area contributed by atoms with Gasteiger partial charge in [-0.15, -0.1) is 0 Å². The summed E-state index contributed by atoms with van der Waals surface area (Å²) in [5, 5.41) is 0.